The molecule has 1 atom stereocenters. The fourth-order valence-electron chi connectivity index (χ4n) is 4.21. The van der Waals surface area contributed by atoms with Crippen LogP contribution in [0.3, 0.4) is 0 Å². The molecule has 0 saturated heterocycles. The number of nitriles is 2. The van der Waals surface area contributed by atoms with Crippen molar-refractivity contribution in [2.45, 2.75) is 12.7 Å². The molecule has 5 rings (SSSR count). The molecule has 2 heterocycles. The van der Waals surface area contributed by atoms with E-state index in [9.17, 15) is 5.26 Å². The van der Waals surface area contributed by atoms with Crippen molar-refractivity contribution in [2.24, 2.45) is 7.05 Å². The van der Waals surface area contributed by atoms with E-state index in [-0.39, 0.29) is 24.8 Å². The van der Waals surface area contributed by atoms with E-state index in [1.165, 1.54) is 0 Å². The number of aromatic nitrogens is 3. The molecule has 0 aliphatic heterocycles. The van der Waals surface area contributed by atoms with Crippen LogP contribution in [0.5, 0.6) is 0 Å². The second-order valence-corrected chi connectivity index (χ2v) is 8.22. The minimum atomic E-state index is -0.405. The first kappa shape index (κ1) is 27.4. The Morgan fingerprint density at radius 2 is 1.73 bits per heavy atom. The van der Waals surface area contributed by atoms with Crippen LogP contribution in [0.4, 0.5) is 0 Å². The Labute approximate surface area is 227 Å². The maximum absolute atomic E-state index is 9.87. The molecular formula is C29H23Cl2N5O. The molecular weight excluding hydrogens is 505 g/mol. The van der Waals surface area contributed by atoms with E-state index in [1.54, 1.807) is 30.9 Å². The van der Waals surface area contributed by atoms with E-state index in [0.29, 0.717) is 17.7 Å². The second-order valence-electron chi connectivity index (χ2n) is 8.22. The molecule has 0 aliphatic rings. The van der Waals surface area contributed by atoms with E-state index in [1.807, 2.05) is 72.3 Å². The molecule has 8 heteroatoms. The van der Waals surface area contributed by atoms with E-state index in [2.05, 4.69) is 22.1 Å². The van der Waals surface area contributed by atoms with E-state index in [4.69, 9.17) is 10.00 Å². The third kappa shape index (κ3) is 5.63. The first-order valence-corrected chi connectivity index (χ1v) is 11.1. The highest BCUT2D eigenvalue weighted by atomic mass is 35.5. The average molecular weight is 528 g/mol. The number of aryl methyl sites for hydroxylation is 1. The number of imidazole rings is 1. The maximum atomic E-state index is 9.87. The van der Waals surface area contributed by atoms with Crippen LogP contribution in [0, 0.1) is 22.7 Å². The smallest absolute Gasteiger partial charge is 0.124 e. The van der Waals surface area contributed by atoms with Crippen molar-refractivity contribution in [1.29, 1.82) is 10.5 Å². The molecule has 184 valence electrons. The Morgan fingerprint density at radius 1 is 0.919 bits per heavy atom. The molecule has 0 N–H and O–H groups in total. The van der Waals surface area contributed by atoms with Crippen LogP contribution in [0.15, 0.2) is 91.5 Å². The van der Waals surface area contributed by atoms with Crippen LogP contribution < -0.4 is 0 Å². The van der Waals surface area contributed by atoms with Gasteiger partial charge in [-0.05, 0) is 53.1 Å². The molecule has 5 aromatic rings. The molecule has 0 radical (unpaired) electrons. The minimum Gasteiger partial charge on any atom is -0.363 e. The minimum absolute atomic E-state index is 0. The predicted molar refractivity (Wildman–Crippen MR) is 147 cm³/mol. The molecule has 0 aliphatic carbocycles. The molecule has 6 nitrogen and oxygen atoms in total. The molecule has 0 bridgehead atoms. The van der Waals surface area contributed by atoms with Crippen LogP contribution in [-0.4, -0.2) is 14.5 Å². The van der Waals surface area contributed by atoms with Gasteiger partial charge >= 0.3 is 0 Å². The van der Waals surface area contributed by atoms with Gasteiger partial charge in [0.1, 0.15) is 6.10 Å². The highest BCUT2D eigenvalue weighted by Gasteiger charge is 2.21. The van der Waals surface area contributed by atoms with E-state index in [0.717, 1.165) is 38.9 Å². The average Bonchev–Trinajstić information content (AvgIpc) is 3.34. The third-order valence-electron chi connectivity index (χ3n) is 6.02. The van der Waals surface area contributed by atoms with E-state index >= 15 is 0 Å². The molecule has 0 amide bonds. The summed E-state index contributed by atoms with van der Waals surface area (Å²) in [6.45, 7) is 0.356. The van der Waals surface area contributed by atoms with Crippen LogP contribution in [-0.2, 0) is 18.4 Å². The SMILES string of the molecule is Cl.Cl.Cn1cncc1C(OCc1ccc(C#N)cc1)c1ccc(C#N)c(-c2cccc3ncccc23)c1. The van der Waals surface area contributed by atoms with Gasteiger partial charge in [-0.25, -0.2) is 4.98 Å². The first-order chi connectivity index (χ1) is 17.2. The highest BCUT2D eigenvalue weighted by molar-refractivity contribution is 5.96. The van der Waals surface area contributed by atoms with Gasteiger partial charge in [-0.15, -0.1) is 24.8 Å². The summed E-state index contributed by atoms with van der Waals surface area (Å²) in [6.07, 6.45) is 4.90. The standard InChI is InChI=1S/C29H21N5O.2ClH/c1-34-19-32-17-28(34)29(35-18-21-9-7-20(15-30)8-10-21)22-11-12-23(16-31)26(14-22)24-4-2-6-27-25(24)5-3-13-33-27;;/h2-14,17,19,29H,18H2,1H3;2*1H. The van der Waals surface area contributed by atoms with Crippen molar-refractivity contribution < 1.29 is 4.74 Å². The highest BCUT2D eigenvalue weighted by Crippen LogP contribution is 2.35. The summed E-state index contributed by atoms with van der Waals surface area (Å²) in [5, 5.41) is 19.9. The first-order valence-electron chi connectivity index (χ1n) is 11.1. The van der Waals surface area contributed by atoms with Gasteiger partial charge in [-0.3, -0.25) is 4.98 Å². The third-order valence-corrected chi connectivity index (χ3v) is 6.02. The molecule has 0 saturated carbocycles. The number of fused-ring (bicyclic) bond motifs is 1. The lowest BCUT2D eigenvalue weighted by Gasteiger charge is -2.21. The predicted octanol–water partition coefficient (Wildman–Crippen LogP) is 6.53. The summed E-state index contributed by atoms with van der Waals surface area (Å²) < 4.78 is 8.36. The summed E-state index contributed by atoms with van der Waals surface area (Å²) in [6, 6.07) is 27.5. The summed E-state index contributed by atoms with van der Waals surface area (Å²) in [5.41, 5.74) is 6.62. The lowest BCUT2D eigenvalue weighted by atomic mass is 9.93. The lowest BCUT2D eigenvalue weighted by Crippen LogP contribution is -2.11. The van der Waals surface area contributed by atoms with Crippen molar-refractivity contribution in [1.82, 2.24) is 14.5 Å². The number of ether oxygens (including phenoxy) is 1. The largest absolute Gasteiger partial charge is 0.363 e. The number of pyridine rings is 1. The van der Waals surface area contributed by atoms with Crippen LogP contribution in [0.1, 0.15) is 34.1 Å². The molecule has 0 spiro atoms. The normalized spacial score (nSPS) is 11.0. The zero-order valence-electron chi connectivity index (χ0n) is 19.9. The number of hydrogen-bond donors (Lipinski definition) is 0. The Kier molecular flexibility index (Phi) is 9.00. The molecule has 1 unspecified atom stereocenters. The van der Waals surface area contributed by atoms with Gasteiger partial charge in [0.05, 0.1) is 53.6 Å². The maximum Gasteiger partial charge on any atom is 0.124 e. The van der Waals surface area contributed by atoms with Crippen LogP contribution in [0.2, 0.25) is 0 Å². The summed E-state index contributed by atoms with van der Waals surface area (Å²) >= 11 is 0. The number of rotatable bonds is 6. The van der Waals surface area contributed by atoms with Gasteiger partial charge in [0.25, 0.3) is 0 Å². The zero-order valence-corrected chi connectivity index (χ0v) is 21.5. The summed E-state index contributed by atoms with van der Waals surface area (Å²) in [5.74, 6) is 0. The fourth-order valence-corrected chi connectivity index (χ4v) is 4.21. The van der Waals surface area contributed by atoms with Crippen LogP contribution in [0.25, 0.3) is 22.0 Å². The Hall–Kier alpha value is -4.20. The summed E-state index contributed by atoms with van der Waals surface area (Å²) in [7, 11) is 1.93. The quantitative estimate of drug-likeness (QED) is 0.250. The molecule has 0 fully saturated rings. The van der Waals surface area contributed by atoms with Crippen molar-refractivity contribution >= 4 is 35.7 Å². The van der Waals surface area contributed by atoms with Crippen molar-refractivity contribution in [3.05, 3.63) is 119 Å². The van der Waals surface area contributed by atoms with Gasteiger partial charge in [0, 0.05) is 24.2 Å². The Bertz CT molecular complexity index is 1590. The molecule has 3 aromatic carbocycles. The molecule has 37 heavy (non-hydrogen) atoms. The zero-order chi connectivity index (χ0) is 24.2. The van der Waals surface area contributed by atoms with E-state index < -0.39 is 6.10 Å². The van der Waals surface area contributed by atoms with Gasteiger partial charge in [-0.2, -0.15) is 10.5 Å². The molecule has 2 aromatic heterocycles. The van der Waals surface area contributed by atoms with Crippen LogP contribution >= 0.6 is 24.8 Å². The van der Waals surface area contributed by atoms with Gasteiger partial charge < -0.3 is 9.30 Å². The topological polar surface area (TPSA) is 87.5 Å². The Balaban J connectivity index is 0.00000190. The lowest BCUT2D eigenvalue weighted by molar-refractivity contribution is 0.0622. The van der Waals surface area contributed by atoms with Crippen molar-refractivity contribution in [3.63, 3.8) is 0 Å². The van der Waals surface area contributed by atoms with Crippen molar-refractivity contribution in [3.8, 4) is 23.3 Å². The number of halogens is 2. The number of benzene rings is 3. The fraction of sp³-hybridized carbons (Fsp3) is 0.103. The van der Waals surface area contributed by atoms with Gasteiger partial charge in [0.2, 0.25) is 0 Å². The van der Waals surface area contributed by atoms with Gasteiger partial charge in [0.15, 0.2) is 0 Å². The van der Waals surface area contributed by atoms with Crippen molar-refractivity contribution in [2.75, 3.05) is 0 Å². The van der Waals surface area contributed by atoms with Gasteiger partial charge in [-0.1, -0.05) is 36.4 Å². The monoisotopic (exact) mass is 527 g/mol. The summed E-state index contributed by atoms with van der Waals surface area (Å²) in [4.78, 5) is 8.76. The number of hydrogen-bond acceptors (Lipinski definition) is 5. The second kappa shape index (κ2) is 12.2. The number of nitrogens with zero attached hydrogens (tertiary/aromatic N) is 5. The Morgan fingerprint density at radius 3 is 2.43 bits per heavy atom.